The van der Waals surface area contributed by atoms with Gasteiger partial charge in [-0.05, 0) is 30.5 Å². The molecule has 0 aliphatic heterocycles. The van der Waals surface area contributed by atoms with Gasteiger partial charge in [-0.2, -0.15) is 0 Å². The lowest BCUT2D eigenvalue weighted by Crippen LogP contribution is -2.21. The van der Waals surface area contributed by atoms with Crippen molar-refractivity contribution in [2.75, 3.05) is 7.11 Å². The summed E-state index contributed by atoms with van der Waals surface area (Å²) in [6.45, 7) is 2.11. The van der Waals surface area contributed by atoms with Crippen LogP contribution in [0.15, 0.2) is 24.3 Å². The van der Waals surface area contributed by atoms with Crippen LogP contribution in [-0.2, 0) is 6.42 Å². The highest BCUT2D eigenvalue weighted by Crippen LogP contribution is 2.12. The molecule has 0 radical (unpaired) electrons. The molecule has 1 aromatic rings. The SMILES string of the molecule is CC[C@@H](N)Cc1ccc(OC)cc1. The smallest absolute Gasteiger partial charge is 0.118 e. The van der Waals surface area contributed by atoms with Gasteiger partial charge in [0.15, 0.2) is 0 Å². The zero-order valence-electron chi connectivity index (χ0n) is 8.29. The molecule has 2 N–H and O–H groups in total. The van der Waals surface area contributed by atoms with E-state index in [1.165, 1.54) is 5.56 Å². The Morgan fingerprint density at radius 1 is 1.31 bits per heavy atom. The zero-order valence-corrected chi connectivity index (χ0v) is 8.29. The predicted octanol–water partition coefficient (Wildman–Crippen LogP) is 1.98. The maximum atomic E-state index is 5.84. The molecule has 0 aromatic heterocycles. The topological polar surface area (TPSA) is 35.2 Å². The second kappa shape index (κ2) is 4.87. The highest BCUT2D eigenvalue weighted by atomic mass is 16.5. The summed E-state index contributed by atoms with van der Waals surface area (Å²) in [5.74, 6) is 0.897. The Labute approximate surface area is 79.7 Å². The highest BCUT2D eigenvalue weighted by Gasteiger charge is 2.00. The molecule has 2 nitrogen and oxygen atoms in total. The van der Waals surface area contributed by atoms with Crippen LogP contribution >= 0.6 is 0 Å². The Hall–Kier alpha value is -1.02. The highest BCUT2D eigenvalue weighted by molar-refractivity contribution is 5.27. The van der Waals surface area contributed by atoms with Gasteiger partial charge < -0.3 is 10.5 Å². The van der Waals surface area contributed by atoms with E-state index in [0.717, 1.165) is 18.6 Å². The number of methoxy groups -OCH3 is 1. The molecule has 1 atom stereocenters. The van der Waals surface area contributed by atoms with Crippen LogP contribution in [0.4, 0.5) is 0 Å². The normalized spacial score (nSPS) is 12.5. The average Bonchev–Trinajstić information content (AvgIpc) is 2.19. The minimum absolute atomic E-state index is 0.272. The molecule has 0 aliphatic carbocycles. The third-order valence-electron chi connectivity index (χ3n) is 2.18. The van der Waals surface area contributed by atoms with Gasteiger partial charge in [0.1, 0.15) is 5.75 Å². The molecule has 72 valence electrons. The van der Waals surface area contributed by atoms with Crippen molar-refractivity contribution in [2.24, 2.45) is 5.73 Å². The van der Waals surface area contributed by atoms with Gasteiger partial charge in [0.2, 0.25) is 0 Å². The van der Waals surface area contributed by atoms with E-state index in [4.69, 9.17) is 10.5 Å². The first-order valence-corrected chi connectivity index (χ1v) is 4.64. The van der Waals surface area contributed by atoms with E-state index in [0.29, 0.717) is 0 Å². The largest absolute Gasteiger partial charge is 0.497 e. The molecule has 1 aromatic carbocycles. The lowest BCUT2D eigenvalue weighted by molar-refractivity contribution is 0.414. The Kier molecular flexibility index (Phi) is 3.77. The van der Waals surface area contributed by atoms with E-state index in [1.54, 1.807) is 7.11 Å². The first kappa shape index (κ1) is 10.1. The molecule has 0 aliphatic rings. The summed E-state index contributed by atoms with van der Waals surface area (Å²) in [4.78, 5) is 0. The first-order valence-electron chi connectivity index (χ1n) is 4.64. The van der Waals surface area contributed by atoms with Crippen molar-refractivity contribution in [3.05, 3.63) is 29.8 Å². The molecule has 0 bridgehead atoms. The Balaban J connectivity index is 2.58. The van der Waals surface area contributed by atoms with Crippen LogP contribution in [0.3, 0.4) is 0 Å². The van der Waals surface area contributed by atoms with E-state index < -0.39 is 0 Å². The van der Waals surface area contributed by atoms with Crippen molar-refractivity contribution >= 4 is 0 Å². The van der Waals surface area contributed by atoms with Gasteiger partial charge in [0.05, 0.1) is 7.11 Å². The summed E-state index contributed by atoms with van der Waals surface area (Å²) < 4.78 is 5.07. The second-order valence-electron chi connectivity index (χ2n) is 3.22. The molecule has 13 heavy (non-hydrogen) atoms. The van der Waals surface area contributed by atoms with Crippen LogP contribution in [0.1, 0.15) is 18.9 Å². The van der Waals surface area contributed by atoms with Gasteiger partial charge in [-0.15, -0.1) is 0 Å². The molecule has 1 rings (SSSR count). The van der Waals surface area contributed by atoms with E-state index in [-0.39, 0.29) is 6.04 Å². The number of ether oxygens (including phenoxy) is 1. The maximum absolute atomic E-state index is 5.84. The van der Waals surface area contributed by atoms with Crippen LogP contribution in [0, 0.1) is 0 Å². The van der Waals surface area contributed by atoms with E-state index >= 15 is 0 Å². The maximum Gasteiger partial charge on any atom is 0.118 e. The van der Waals surface area contributed by atoms with Crippen LogP contribution < -0.4 is 10.5 Å². The lowest BCUT2D eigenvalue weighted by Gasteiger charge is -2.08. The molecule has 0 spiro atoms. The Morgan fingerprint density at radius 3 is 2.38 bits per heavy atom. The van der Waals surface area contributed by atoms with Crippen LogP contribution in [-0.4, -0.2) is 13.2 Å². The molecule has 0 saturated heterocycles. The van der Waals surface area contributed by atoms with Crippen LogP contribution in [0.5, 0.6) is 5.75 Å². The zero-order chi connectivity index (χ0) is 9.68. The quantitative estimate of drug-likeness (QED) is 0.767. The van der Waals surface area contributed by atoms with Gasteiger partial charge in [-0.1, -0.05) is 19.1 Å². The fourth-order valence-corrected chi connectivity index (χ4v) is 1.21. The molecule has 0 saturated carbocycles. The monoisotopic (exact) mass is 179 g/mol. The van der Waals surface area contributed by atoms with Gasteiger partial charge in [0.25, 0.3) is 0 Å². The van der Waals surface area contributed by atoms with Crippen molar-refractivity contribution in [1.29, 1.82) is 0 Å². The van der Waals surface area contributed by atoms with Crippen molar-refractivity contribution in [3.63, 3.8) is 0 Å². The fraction of sp³-hybridized carbons (Fsp3) is 0.455. The third-order valence-corrected chi connectivity index (χ3v) is 2.18. The van der Waals surface area contributed by atoms with Crippen molar-refractivity contribution in [3.8, 4) is 5.75 Å². The van der Waals surface area contributed by atoms with Gasteiger partial charge in [0, 0.05) is 6.04 Å². The van der Waals surface area contributed by atoms with Crippen LogP contribution in [0.25, 0.3) is 0 Å². The Morgan fingerprint density at radius 2 is 1.92 bits per heavy atom. The summed E-state index contributed by atoms with van der Waals surface area (Å²) in [7, 11) is 1.67. The third kappa shape index (κ3) is 3.07. The number of hydrogen-bond donors (Lipinski definition) is 1. The lowest BCUT2D eigenvalue weighted by atomic mass is 10.1. The minimum Gasteiger partial charge on any atom is -0.497 e. The van der Waals surface area contributed by atoms with Crippen molar-refractivity contribution in [1.82, 2.24) is 0 Å². The fourth-order valence-electron chi connectivity index (χ4n) is 1.21. The molecular formula is C11H17NO. The van der Waals surface area contributed by atoms with E-state index in [9.17, 15) is 0 Å². The minimum atomic E-state index is 0.272. The Bertz CT molecular complexity index is 243. The van der Waals surface area contributed by atoms with E-state index in [2.05, 4.69) is 19.1 Å². The average molecular weight is 179 g/mol. The van der Waals surface area contributed by atoms with Gasteiger partial charge in [-0.3, -0.25) is 0 Å². The summed E-state index contributed by atoms with van der Waals surface area (Å²) in [6, 6.07) is 8.34. The summed E-state index contributed by atoms with van der Waals surface area (Å²) in [5.41, 5.74) is 7.12. The molecule has 0 amide bonds. The van der Waals surface area contributed by atoms with Gasteiger partial charge in [-0.25, -0.2) is 0 Å². The second-order valence-corrected chi connectivity index (χ2v) is 3.22. The summed E-state index contributed by atoms with van der Waals surface area (Å²) in [5, 5.41) is 0. The molecule has 0 unspecified atom stereocenters. The first-order chi connectivity index (χ1) is 6.26. The number of nitrogens with two attached hydrogens (primary N) is 1. The summed E-state index contributed by atoms with van der Waals surface area (Å²) >= 11 is 0. The predicted molar refractivity (Wildman–Crippen MR) is 55.0 cm³/mol. The van der Waals surface area contributed by atoms with Crippen molar-refractivity contribution < 1.29 is 4.74 Å². The van der Waals surface area contributed by atoms with Gasteiger partial charge >= 0.3 is 0 Å². The van der Waals surface area contributed by atoms with Crippen LogP contribution in [0.2, 0.25) is 0 Å². The summed E-state index contributed by atoms with van der Waals surface area (Å²) in [6.07, 6.45) is 1.96. The molecule has 0 fully saturated rings. The number of rotatable bonds is 4. The molecule has 2 heteroatoms. The standard InChI is InChI=1S/C11H17NO/c1-3-10(12)8-9-4-6-11(13-2)7-5-9/h4-7,10H,3,8,12H2,1-2H3/t10-/m1/s1. The molecular weight excluding hydrogens is 162 g/mol. The van der Waals surface area contributed by atoms with E-state index in [1.807, 2.05) is 12.1 Å². The number of hydrogen-bond acceptors (Lipinski definition) is 2. The van der Waals surface area contributed by atoms with Crippen molar-refractivity contribution in [2.45, 2.75) is 25.8 Å². The molecule has 0 heterocycles. The number of benzene rings is 1.